The van der Waals surface area contributed by atoms with Crippen molar-refractivity contribution in [2.45, 2.75) is 6.92 Å². The Kier molecular flexibility index (Phi) is 4.00. The SMILES string of the molecule is Cc1ccc(C=O)cc1Oc1ccc(Cl)cc1[N+](=O)[O-]. The van der Waals surface area contributed by atoms with E-state index in [9.17, 15) is 14.9 Å². The van der Waals surface area contributed by atoms with Crippen LogP contribution < -0.4 is 4.74 Å². The third kappa shape index (κ3) is 2.95. The van der Waals surface area contributed by atoms with Gasteiger partial charge in [0.2, 0.25) is 5.75 Å². The second-order valence-electron chi connectivity index (χ2n) is 4.11. The highest BCUT2D eigenvalue weighted by molar-refractivity contribution is 6.30. The minimum absolute atomic E-state index is 0.0746. The summed E-state index contributed by atoms with van der Waals surface area (Å²) in [6.07, 6.45) is 0.683. The Morgan fingerprint density at radius 3 is 2.60 bits per heavy atom. The summed E-state index contributed by atoms with van der Waals surface area (Å²) >= 11 is 5.74. The van der Waals surface area contributed by atoms with Crippen LogP contribution in [-0.2, 0) is 0 Å². The molecule has 0 spiro atoms. The molecule has 0 atom stereocenters. The van der Waals surface area contributed by atoms with E-state index in [4.69, 9.17) is 16.3 Å². The summed E-state index contributed by atoms with van der Waals surface area (Å²) < 4.78 is 5.54. The number of aryl methyl sites for hydroxylation is 1. The fraction of sp³-hybridized carbons (Fsp3) is 0.0714. The summed E-state index contributed by atoms with van der Waals surface area (Å²) in [5.41, 5.74) is 0.968. The fourth-order valence-electron chi connectivity index (χ4n) is 1.64. The molecule has 0 aliphatic heterocycles. The maximum atomic E-state index is 11.0. The van der Waals surface area contributed by atoms with Crippen molar-refractivity contribution in [1.82, 2.24) is 0 Å². The van der Waals surface area contributed by atoms with Gasteiger partial charge in [-0.3, -0.25) is 14.9 Å². The van der Waals surface area contributed by atoms with Gasteiger partial charge in [-0.15, -0.1) is 0 Å². The molecule has 20 heavy (non-hydrogen) atoms. The average molecular weight is 292 g/mol. The molecule has 0 unspecified atom stereocenters. The maximum absolute atomic E-state index is 11.0. The molecule has 2 rings (SSSR count). The van der Waals surface area contributed by atoms with Crippen LogP contribution in [-0.4, -0.2) is 11.2 Å². The summed E-state index contributed by atoms with van der Waals surface area (Å²) in [5.74, 6) is 0.463. The van der Waals surface area contributed by atoms with E-state index in [0.29, 0.717) is 17.6 Å². The molecule has 5 nitrogen and oxygen atoms in total. The normalized spacial score (nSPS) is 10.1. The number of carbonyl (C=O) groups is 1. The number of ether oxygens (including phenoxy) is 1. The van der Waals surface area contributed by atoms with E-state index in [2.05, 4.69) is 0 Å². The first-order chi connectivity index (χ1) is 9.51. The van der Waals surface area contributed by atoms with Crippen molar-refractivity contribution >= 4 is 23.6 Å². The van der Waals surface area contributed by atoms with Crippen molar-refractivity contribution in [3.05, 3.63) is 62.7 Å². The molecule has 2 aromatic carbocycles. The van der Waals surface area contributed by atoms with Gasteiger partial charge in [-0.2, -0.15) is 0 Å². The van der Waals surface area contributed by atoms with Gasteiger partial charge in [0.05, 0.1) is 4.92 Å². The van der Waals surface area contributed by atoms with Gasteiger partial charge >= 0.3 is 5.69 Å². The standard InChI is InChI=1S/C14H10ClNO4/c1-9-2-3-10(8-17)6-14(9)20-13-5-4-11(15)7-12(13)16(18)19/h2-8H,1H3. The predicted molar refractivity (Wildman–Crippen MR) is 74.7 cm³/mol. The number of halogens is 1. The zero-order valence-electron chi connectivity index (χ0n) is 10.5. The van der Waals surface area contributed by atoms with E-state index in [-0.39, 0.29) is 16.5 Å². The molecule has 102 valence electrons. The Labute approximate surface area is 119 Å². The second-order valence-corrected chi connectivity index (χ2v) is 4.55. The van der Waals surface area contributed by atoms with Crippen molar-refractivity contribution in [3.8, 4) is 11.5 Å². The van der Waals surface area contributed by atoms with Crippen LogP contribution in [0.15, 0.2) is 36.4 Å². The molecule has 0 radical (unpaired) electrons. The first-order valence-electron chi connectivity index (χ1n) is 5.69. The Hall–Kier alpha value is -2.40. The lowest BCUT2D eigenvalue weighted by atomic mass is 10.1. The maximum Gasteiger partial charge on any atom is 0.313 e. The lowest BCUT2D eigenvalue weighted by Crippen LogP contribution is -1.95. The first kappa shape index (κ1) is 14.0. The minimum Gasteiger partial charge on any atom is -0.450 e. The van der Waals surface area contributed by atoms with Crippen LogP contribution in [0, 0.1) is 17.0 Å². The molecule has 6 heteroatoms. The zero-order valence-corrected chi connectivity index (χ0v) is 11.3. The van der Waals surface area contributed by atoms with Crippen LogP contribution in [0.25, 0.3) is 0 Å². The number of hydrogen-bond donors (Lipinski definition) is 0. The van der Waals surface area contributed by atoms with E-state index >= 15 is 0 Å². The Morgan fingerprint density at radius 2 is 1.95 bits per heavy atom. The highest BCUT2D eigenvalue weighted by Gasteiger charge is 2.17. The third-order valence-electron chi connectivity index (χ3n) is 2.69. The largest absolute Gasteiger partial charge is 0.450 e. The predicted octanol–water partition coefficient (Wildman–Crippen LogP) is 4.16. The lowest BCUT2D eigenvalue weighted by Gasteiger charge is -2.09. The highest BCUT2D eigenvalue weighted by Crippen LogP contribution is 2.34. The van der Waals surface area contributed by atoms with Crippen LogP contribution in [0.2, 0.25) is 5.02 Å². The topological polar surface area (TPSA) is 69.4 Å². The van der Waals surface area contributed by atoms with Crippen LogP contribution in [0.4, 0.5) is 5.69 Å². The number of hydrogen-bond acceptors (Lipinski definition) is 4. The molecule has 0 fully saturated rings. The molecule has 0 amide bonds. The Morgan fingerprint density at radius 1 is 1.20 bits per heavy atom. The van der Waals surface area contributed by atoms with E-state index in [1.165, 1.54) is 24.3 Å². The van der Waals surface area contributed by atoms with Gasteiger partial charge in [0.1, 0.15) is 12.0 Å². The fourth-order valence-corrected chi connectivity index (χ4v) is 1.80. The Balaban J connectivity index is 2.44. The molecule has 0 N–H and O–H groups in total. The zero-order chi connectivity index (χ0) is 14.7. The van der Waals surface area contributed by atoms with Crippen molar-refractivity contribution < 1.29 is 14.5 Å². The molecule has 2 aromatic rings. The summed E-state index contributed by atoms with van der Waals surface area (Å²) in [7, 11) is 0. The number of nitro groups is 1. The molecule has 0 bridgehead atoms. The number of carbonyl (C=O) groups excluding carboxylic acids is 1. The van der Waals surface area contributed by atoms with Gasteiger partial charge in [0.25, 0.3) is 0 Å². The molecule has 0 aromatic heterocycles. The summed E-state index contributed by atoms with van der Waals surface area (Å²) in [4.78, 5) is 21.2. The second kappa shape index (κ2) is 5.71. The molecular weight excluding hydrogens is 282 g/mol. The number of nitro benzene ring substituents is 1. The van der Waals surface area contributed by atoms with Crippen molar-refractivity contribution in [2.24, 2.45) is 0 Å². The smallest absolute Gasteiger partial charge is 0.313 e. The lowest BCUT2D eigenvalue weighted by molar-refractivity contribution is -0.385. The number of aldehydes is 1. The molecular formula is C14H10ClNO4. The molecule has 0 aliphatic rings. The molecule has 0 saturated carbocycles. The first-order valence-corrected chi connectivity index (χ1v) is 6.06. The van der Waals surface area contributed by atoms with E-state index in [0.717, 1.165) is 5.56 Å². The van der Waals surface area contributed by atoms with E-state index in [1.807, 2.05) is 0 Å². The molecule has 0 aliphatic carbocycles. The minimum atomic E-state index is -0.569. The van der Waals surface area contributed by atoms with Crippen LogP contribution in [0.1, 0.15) is 15.9 Å². The van der Waals surface area contributed by atoms with Crippen molar-refractivity contribution in [1.29, 1.82) is 0 Å². The van der Waals surface area contributed by atoms with Gasteiger partial charge in [-0.05, 0) is 30.7 Å². The Bertz CT molecular complexity index is 685. The van der Waals surface area contributed by atoms with Gasteiger partial charge in [0, 0.05) is 16.7 Å². The number of nitrogens with zero attached hydrogens (tertiary/aromatic N) is 1. The monoisotopic (exact) mass is 291 g/mol. The molecule has 0 heterocycles. The van der Waals surface area contributed by atoms with Crippen molar-refractivity contribution in [3.63, 3.8) is 0 Å². The van der Waals surface area contributed by atoms with E-state index < -0.39 is 4.92 Å². The average Bonchev–Trinajstić information content (AvgIpc) is 2.42. The van der Waals surface area contributed by atoms with Crippen LogP contribution in [0.5, 0.6) is 11.5 Å². The van der Waals surface area contributed by atoms with Gasteiger partial charge < -0.3 is 4.74 Å². The summed E-state index contributed by atoms with van der Waals surface area (Å²) in [5, 5.41) is 11.2. The number of benzene rings is 2. The van der Waals surface area contributed by atoms with Crippen LogP contribution in [0.3, 0.4) is 0 Å². The molecule has 0 saturated heterocycles. The quantitative estimate of drug-likeness (QED) is 0.482. The van der Waals surface area contributed by atoms with Gasteiger partial charge in [0.15, 0.2) is 0 Å². The van der Waals surface area contributed by atoms with Crippen LogP contribution >= 0.6 is 11.6 Å². The van der Waals surface area contributed by atoms with E-state index in [1.54, 1.807) is 19.1 Å². The van der Waals surface area contributed by atoms with Crippen molar-refractivity contribution in [2.75, 3.05) is 0 Å². The van der Waals surface area contributed by atoms with Gasteiger partial charge in [-0.1, -0.05) is 23.7 Å². The van der Waals surface area contributed by atoms with Gasteiger partial charge in [-0.25, -0.2) is 0 Å². The third-order valence-corrected chi connectivity index (χ3v) is 2.92. The summed E-state index contributed by atoms with van der Waals surface area (Å²) in [6.45, 7) is 1.78. The summed E-state index contributed by atoms with van der Waals surface area (Å²) in [6, 6.07) is 9.03. The number of rotatable bonds is 4. The highest BCUT2D eigenvalue weighted by atomic mass is 35.5.